The van der Waals surface area contributed by atoms with Gasteiger partial charge in [0.2, 0.25) is 0 Å². The van der Waals surface area contributed by atoms with Gasteiger partial charge in [-0.25, -0.2) is 8.42 Å². The van der Waals surface area contributed by atoms with E-state index in [9.17, 15) is 13.2 Å². The molecule has 0 spiro atoms. The molecule has 20 heavy (non-hydrogen) atoms. The second kappa shape index (κ2) is 6.14. The fraction of sp³-hybridized carbons (Fsp3) is 0.500. The van der Waals surface area contributed by atoms with E-state index in [1.54, 1.807) is 6.92 Å². The van der Waals surface area contributed by atoms with Gasteiger partial charge in [-0.3, -0.25) is 4.79 Å². The van der Waals surface area contributed by atoms with Crippen LogP contribution < -0.4 is 5.32 Å². The second-order valence-electron chi connectivity index (χ2n) is 5.62. The zero-order valence-corrected chi connectivity index (χ0v) is 13.7. The Kier molecular flexibility index (Phi) is 5.21. The number of carbonyl (C=O) groups is 1. The molecule has 0 aliphatic heterocycles. The van der Waals surface area contributed by atoms with Crippen LogP contribution in [0.2, 0.25) is 0 Å². The molecule has 0 heterocycles. The van der Waals surface area contributed by atoms with Crippen molar-refractivity contribution < 1.29 is 13.2 Å². The van der Waals surface area contributed by atoms with Crippen LogP contribution in [0.4, 0.5) is 0 Å². The van der Waals surface area contributed by atoms with Crippen LogP contribution in [0.15, 0.2) is 23.1 Å². The molecule has 1 aromatic carbocycles. The number of amides is 1. The molecule has 0 aliphatic rings. The predicted octanol–water partition coefficient (Wildman–Crippen LogP) is 3.09. The molecule has 1 amide bonds. The molecule has 0 aromatic heterocycles. The van der Waals surface area contributed by atoms with Crippen molar-refractivity contribution in [3.8, 4) is 0 Å². The minimum absolute atomic E-state index is 0.00195. The zero-order valence-electron chi connectivity index (χ0n) is 12.2. The van der Waals surface area contributed by atoms with Crippen LogP contribution in [0.3, 0.4) is 0 Å². The Morgan fingerprint density at radius 3 is 2.40 bits per heavy atom. The van der Waals surface area contributed by atoms with Crippen molar-refractivity contribution in [2.24, 2.45) is 5.41 Å². The Morgan fingerprint density at radius 2 is 1.95 bits per heavy atom. The summed E-state index contributed by atoms with van der Waals surface area (Å²) in [4.78, 5) is 12.1. The first-order valence-electron chi connectivity index (χ1n) is 6.40. The van der Waals surface area contributed by atoms with Crippen LogP contribution in [0.25, 0.3) is 0 Å². The first-order chi connectivity index (χ1) is 9.07. The molecule has 0 saturated carbocycles. The van der Waals surface area contributed by atoms with Crippen LogP contribution in [0.1, 0.15) is 43.1 Å². The molecule has 0 unspecified atom stereocenters. The Hall–Kier alpha value is -1.07. The van der Waals surface area contributed by atoms with Gasteiger partial charge >= 0.3 is 0 Å². The van der Waals surface area contributed by atoms with Crippen molar-refractivity contribution in [2.45, 2.75) is 39.0 Å². The third-order valence-corrected chi connectivity index (χ3v) is 4.76. The van der Waals surface area contributed by atoms with Gasteiger partial charge in [-0.15, -0.1) is 0 Å². The third-order valence-electron chi connectivity index (χ3n) is 3.41. The maximum Gasteiger partial charge on any atom is 0.261 e. The number of benzene rings is 1. The van der Waals surface area contributed by atoms with Crippen molar-refractivity contribution in [1.82, 2.24) is 5.32 Å². The van der Waals surface area contributed by atoms with Gasteiger partial charge in [0.1, 0.15) is 0 Å². The van der Waals surface area contributed by atoms with E-state index in [0.717, 1.165) is 6.42 Å². The average molecular weight is 318 g/mol. The standard InChI is InChI=1S/C14H20ClNO3S/c1-5-14(3,4)9-16-13(17)12-7-6-11(8-10(12)2)20(15,18)19/h6-8H,5,9H2,1-4H3,(H,16,17). The highest BCUT2D eigenvalue weighted by molar-refractivity contribution is 8.13. The number of aryl methyl sites for hydroxylation is 1. The van der Waals surface area contributed by atoms with E-state index in [1.807, 2.05) is 0 Å². The summed E-state index contributed by atoms with van der Waals surface area (Å²) in [5.74, 6) is -0.206. The molecule has 0 saturated heterocycles. The number of carbonyl (C=O) groups excluding carboxylic acids is 1. The highest BCUT2D eigenvalue weighted by Crippen LogP contribution is 2.20. The monoisotopic (exact) mass is 317 g/mol. The Labute approximate surface area is 124 Å². The first-order valence-corrected chi connectivity index (χ1v) is 8.71. The Bertz CT molecular complexity index is 609. The van der Waals surface area contributed by atoms with Crippen molar-refractivity contribution in [3.63, 3.8) is 0 Å². The molecule has 1 N–H and O–H groups in total. The molecule has 1 rings (SSSR count). The van der Waals surface area contributed by atoms with E-state index in [0.29, 0.717) is 17.7 Å². The maximum atomic E-state index is 12.1. The topological polar surface area (TPSA) is 63.2 Å². The summed E-state index contributed by atoms with van der Waals surface area (Å²) in [5, 5.41) is 2.87. The van der Waals surface area contributed by atoms with Crippen molar-refractivity contribution in [1.29, 1.82) is 0 Å². The molecule has 6 heteroatoms. The summed E-state index contributed by atoms with van der Waals surface area (Å²) in [6.07, 6.45) is 0.954. The zero-order chi connectivity index (χ0) is 15.6. The second-order valence-corrected chi connectivity index (χ2v) is 8.18. The fourth-order valence-corrected chi connectivity index (χ4v) is 2.42. The van der Waals surface area contributed by atoms with E-state index < -0.39 is 9.05 Å². The summed E-state index contributed by atoms with van der Waals surface area (Å²) in [7, 11) is 1.51. The van der Waals surface area contributed by atoms with Gasteiger partial charge in [0.15, 0.2) is 0 Å². The summed E-state index contributed by atoms with van der Waals surface area (Å²) in [6.45, 7) is 8.47. The minimum atomic E-state index is -3.77. The molecule has 4 nitrogen and oxygen atoms in total. The predicted molar refractivity (Wildman–Crippen MR) is 80.6 cm³/mol. The Balaban J connectivity index is 2.91. The van der Waals surface area contributed by atoms with Crippen LogP contribution >= 0.6 is 10.7 Å². The third kappa shape index (κ3) is 4.49. The van der Waals surface area contributed by atoms with Gasteiger partial charge in [0.25, 0.3) is 15.0 Å². The number of nitrogens with one attached hydrogen (secondary N) is 1. The lowest BCUT2D eigenvalue weighted by Crippen LogP contribution is -2.33. The van der Waals surface area contributed by atoms with Crippen LogP contribution in [-0.4, -0.2) is 20.9 Å². The summed E-state index contributed by atoms with van der Waals surface area (Å²) in [5.41, 5.74) is 1.07. The molecular weight excluding hydrogens is 298 g/mol. The normalized spacial score (nSPS) is 12.2. The van der Waals surface area contributed by atoms with Gasteiger partial charge in [-0.05, 0) is 42.5 Å². The lowest BCUT2D eigenvalue weighted by molar-refractivity contribution is 0.0935. The molecule has 0 bridgehead atoms. The van der Waals surface area contributed by atoms with Crippen molar-refractivity contribution in [2.75, 3.05) is 6.54 Å². The van der Waals surface area contributed by atoms with E-state index in [2.05, 4.69) is 26.1 Å². The van der Waals surface area contributed by atoms with Gasteiger partial charge in [-0.2, -0.15) is 0 Å². The molecule has 1 aromatic rings. The lowest BCUT2D eigenvalue weighted by Gasteiger charge is -2.23. The van der Waals surface area contributed by atoms with Crippen LogP contribution in [-0.2, 0) is 9.05 Å². The van der Waals surface area contributed by atoms with Gasteiger partial charge in [0.05, 0.1) is 4.90 Å². The number of hydrogen-bond donors (Lipinski definition) is 1. The molecule has 112 valence electrons. The van der Waals surface area contributed by atoms with Crippen LogP contribution in [0.5, 0.6) is 0 Å². The lowest BCUT2D eigenvalue weighted by atomic mass is 9.90. The average Bonchev–Trinajstić information content (AvgIpc) is 2.35. The van der Waals surface area contributed by atoms with Gasteiger partial charge in [-0.1, -0.05) is 20.8 Å². The highest BCUT2D eigenvalue weighted by Gasteiger charge is 2.18. The summed E-state index contributed by atoms with van der Waals surface area (Å²) >= 11 is 0. The Morgan fingerprint density at radius 1 is 1.35 bits per heavy atom. The highest BCUT2D eigenvalue weighted by atomic mass is 35.7. The number of rotatable bonds is 5. The minimum Gasteiger partial charge on any atom is -0.351 e. The first kappa shape index (κ1) is 17.0. The van der Waals surface area contributed by atoms with Crippen molar-refractivity contribution >= 4 is 25.6 Å². The number of halogens is 1. The number of hydrogen-bond acceptors (Lipinski definition) is 3. The molecule has 0 aliphatic carbocycles. The van der Waals surface area contributed by atoms with E-state index >= 15 is 0 Å². The van der Waals surface area contributed by atoms with Crippen molar-refractivity contribution in [3.05, 3.63) is 29.3 Å². The largest absolute Gasteiger partial charge is 0.351 e. The molecular formula is C14H20ClNO3S. The summed E-state index contributed by atoms with van der Waals surface area (Å²) in [6, 6.07) is 4.23. The summed E-state index contributed by atoms with van der Waals surface area (Å²) < 4.78 is 22.5. The maximum absolute atomic E-state index is 12.1. The molecule has 0 fully saturated rings. The fourth-order valence-electron chi connectivity index (χ4n) is 1.58. The smallest absolute Gasteiger partial charge is 0.261 e. The molecule has 0 radical (unpaired) electrons. The van der Waals surface area contributed by atoms with Gasteiger partial charge < -0.3 is 5.32 Å². The van der Waals surface area contributed by atoms with Crippen LogP contribution in [0, 0.1) is 12.3 Å². The quantitative estimate of drug-likeness (QED) is 0.849. The SMILES string of the molecule is CCC(C)(C)CNC(=O)c1ccc(S(=O)(=O)Cl)cc1C. The van der Waals surface area contributed by atoms with E-state index in [-0.39, 0.29) is 16.2 Å². The molecule has 0 atom stereocenters. The van der Waals surface area contributed by atoms with Gasteiger partial charge in [0, 0.05) is 22.8 Å². The van der Waals surface area contributed by atoms with E-state index in [4.69, 9.17) is 10.7 Å². The van der Waals surface area contributed by atoms with E-state index in [1.165, 1.54) is 18.2 Å².